The van der Waals surface area contributed by atoms with Crippen molar-refractivity contribution >= 4 is 29.9 Å². The van der Waals surface area contributed by atoms with E-state index >= 15 is 0 Å². The second-order valence-electron chi connectivity index (χ2n) is 11.2. The van der Waals surface area contributed by atoms with Crippen LogP contribution >= 0.6 is 0 Å². The first-order valence-corrected chi connectivity index (χ1v) is 14.0. The Morgan fingerprint density at radius 3 is 2.31 bits per heavy atom. The van der Waals surface area contributed by atoms with E-state index in [9.17, 15) is 19.2 Å². The summed E-state index contributed by atoms with van der Waals surface area (Å²) >= 11 is 0. The Balaban J connectivity index is 1.52. The van der Waals surface area contributed by atoms with E-state index in [2.05, 4.69) is 17.2 Å². The van der Waals surface area contributed by atoms with Gasteiger partial charge in [0.15, 0.2) is 0 Å². The molecular formula is C31H38N4O7. The molecule has 2 aromatic rings. The van der Waals surface area contributed by atoms with Crippen LogP contribution in [-0.4, -0.2) is 76.9 Å². The standard InChI is InChI=1S/C31H38N4O7/c1-5-12-23(33-29(38)42-31(2,3)4)27(36)34-18-17-24-26(34)25(41-28(37)32-22-15-10-7-11-16-22)19-35(24)30(39)40-20-21-13-8-6-9-14-21/h5-11,13-16,23-26H,1,12,17-20H2,2-4H3,(H,32,37)(H,33,38)/t23?,24-,25+,26+/m1/s1. The summed E-state index contributed by atoms with van der Waals surface area (Å²) in [7, 11) is 0. The minimum absolute atomic E-state index is 0.0422. The number of hydrogen-bond donors (Lipinski definition) is 2. The van der Waals surface area contributed by atoms with E-state index < -0.39 is 48.1 Å². The number of likely N-dealkylation sites (tertiary alicyclic amines) is 2. The van der Waals surface area contributed by atoms with Gasteiger partial charge in [-0.15, -0.1) is 6.58 Å². The maximum atomic E-state index is 13.8. The van der Waals surface area contributed by atoms with Crippen LogP contribution in [0.1, 0.15) is 39.2 Å². The fourth-order valence-corrected chi connectivity index (χ4v) is 5.25. The molecule has 0 radical (unpaired) electrons. The number of amides is 4. The Morgan fingerprint density at radius 2 is 1.67 bits per heavy atom. The molecule has 0 aromatic heterocycles. The molecule has 0 bridgehead atoms. The van der Waals surface area contributed by atoms with Crippen LogP contribution in [0, 0.1) is 0 Å². The van der Waals surface area contributed by atoms with Crippen LogP contribution in [0.15, 0.2) is 73.3 Å². The number of anilines is 1. The number of nitrogens with one attached hydrogen (secondary N) is 2. The lowest BCUT2D eigenvalue weighted by molar-refractivity contribution is -0.135. The molecule has 2 heterocycles. The van der Waals surface area contributed by atoms with Crippen molar-refractivity contribution in [3.8, 4) is 0 Å². The zero-order valence-corrected chi connectivity index (χ0v) is 24.2. The van der Waals surface area contributed by atoms with E-state index in [4.69, 9.17) is 14.2 Å². The second kappa shape index (κ2) is 13.4. The predicted molar refractivity (Wildman–Crippen MR) is 156 cm³/mol. The summed E-state index contributed by atoms with van der Waals surface area (Å²) in [4.78, 5) is 55.5. The lowest BCUT2D eigenvalue weighted by Crippen LogP contribution is -2.54. The summed E-state index contributed by atoms with van der Waals surface area (Å²) < 4.78 is 16.8. The van der Waals surface area contributed by atoms with E-state index in [0.29, 0.717) is 18.7 Å². The molecule has 2 fully saturated rings. The SMILES string of the molecule is C=CCC(NC(=O)OC(C)(C)C)C(=O)N1CC[C@@H]2[C@H]1[C@@H](OC(=O)Nc1ccccc1)CN2C(=O)OCc1ccccc1. The van der Waals surface area contributed by atoms with Crippen LogP contribution in [0.25, 0.3) is 0 Å². The molecule has 0 spiro atoms. The number of carbonyl (C=O) groups excluding carboxylic acids is 4. The quantitative estimate of drug-likeness (QED) is 0.344. The van der Waals surface area contributed by atoms with Crippen LogP contribution < -0.4 is 10.6 Å². The van der Waals surface area contributed by atoms with Gasteiger partial charge in [0.05, 0.1) is 18.6 Å². The number of alkyl carbamates (subject to hydrolysis) is 1. The summed E-state index contributed by atoms with van der Waals surface area (Å²) in [6.07, 6.45) is -0.688. The summed E-state index contributed by atoms with van der Waals surface area (Å²) in [6, 6.07) is 16.1. The van der Waals surface area contributed by atoms with Crippen LogP contribution in [0.2, 0.25) is 0 Å². The van der Waals surface area contributed by atoms with Gasteiger partial charge in [-0.2, -0.15) is 0 Å². The fourth-order valence-electron chi connectivity index (χ4n) is 5.25. The smallest absolute Gasteiger partial charge is 0.412 e. The van der Waals surface area contributed by atoms with Gasteiger partial charge in [0.1, 0.15) is 24.4 Å². The number of nitrogens with zero attached hydrogens (tertiary/aromatic N) is 2. The van der Waals surface area contributed by atoms with Crippen molar-refractivity contribution in [1.29, 1.82) is 0 Å². The molecule has 4 rings (SSSR count). The Morgan fingerprint density at radius 1 is 1.00 bits per heavy atom. The van der Waals surface area contributed by atoms with Crippen molar-refractivity contribution in [3.05, 3.63) is 78.9 Å². The van der Waals surface area contributed by atoms with Gasteiger partial charge >= 0.3 is 18.3 Å². The fraction of sp³-hybridized carbons (Fsp3) is 0.419. The molecule has 2 aromatic carbocycles. The van der Waals surface area contributed by atoms with Crippen molar-refractivity contribution in [2.24, 2.45) is 0 Å². The van der Waals surface area contributed by atoms with Crippen LogP contribution in [0.4, 0.5) is 20.1 Å². The highest BCUT2D eigenvalue weighted by Gasteiger charge is 2.54. The first-order chi connectivity index (χ1) is 20.1. The Labute approximate surface area is 245 Å². The van der Waals surface area contributed by atoms with Crippen LogP contribution in [-0.2, 0) is 25.6 Å². The lowest BCUT2D eigenvalue weighted by Gasteiger charge is -2.31. The third-order valence-electron chi connectivity index (χ3n) is 6.97. The lowest BCUT2D eigenvalue weighted by atomic mass is 10.1. The maximum Gasteiger partial charge on any atom is 0.412 e. The van der Waals surface area contributed by atoms with E-state index in [-0.39, 0.29) is 25.5 Å². The maximum absolute atomic E-state index is 13.8. The second-order valence-corrected chi connectivity index (χ2v) is 11.2. The summed E-state index contributed by atoms with van der Waals surface area (Å²) in [6.45, 7) is 9.33. The molecule has 0 saturated carbocycles. The Kier molecular flexibility index (Phi) is 9.72. The molecule has 42 heavy (non-hydrogen) atoms. The minimum Gasteiger partial charge on any atom is -0.445 e. The number of ether oxygens (including phenoxy) is 3. The molecular weight excluding hydrogens is 540 g/mol. The molecule has 4 atom stereocenters. The van der Waals surface area contributed by atoms with Gasteiger partial charge in [-0.3, -0.25) is 15.0 Å². The molecule has 11 heteroatoms. The van der Waals surface area contributed by atoms with Gasteiger partial charge in [0.25, 0.3) is 0 Å². The minimum atomic E-state index is -0.950. The van der Waals surface area contributed by atoms with Gasteiger partial charge in [0, 0.05) is 12.2 Å². The van der Waals surface area contributed by atoms with Gasteiger partial charge in [-0.05, 0) is 51.3 Å². The molecule has 224 valence electrons. The number of para-hydroxylation sites is 1. The molecule has 2 aliphatic rings. The molecule has 0 aliphatic carbocycles. The monoisotopic (exact) mass is 578 g/mol. The average molecular weight is 579 g/mol. The zero-order valence-electron chi connectivity index (χ0n) is 24.2. The van der Waals surface area contributed by atoms with Crippen molar-refractivity contribution < 1.29 is 33.4 Å². The van der Waals surface area contributed by atoms with Crippen molar-refractivity contribution in [1.82, 2.24) is 15.1 Å². The van der Waals surface area contributed by atoms with Gasteiger partial charge < -0.3 is 24.4 Å². The topological polar surface area (TPSA) is 127 Å². The van der Waals surface area contributed by atoms with Gasteiger partial charge in [-0.1, -0.05) is 54.6 Å². The number of fused-ring (bicyclic) bond motifs is 1. The highest BCUT2D eigenvalue weighted by molar-refractivity contribution is 5.87. The Hall–Kier alpha value is -4.54. The largest absolute Gasteiger partial charge is 0.445 e. The molecule has 4 amide bonds. The number of carbonyl (C=O) groups is 4. The molecule has 2 aliphatic heterocycles. The molecule has 1 unspecified atom stereocenters. The number of hydrogen-bond acceptors (Lipinski definition) is 7. The van der Waals surface area contributed by atoms with E-state index in [1.54, 1.807) is 49.9 Å². The average Bonchev–Trinajstić information content (AvgIpc) is 3.52. The van der Waals surface area contributed by atoms with E-state index in [1.807, 2.05) is 36.4 Å². The van der Waals surface area contributed by atoms with E-state index in [0.717, 1.165) is 5.56 Å². The summed E-state index contributed by atoms with van der Waals surface area (Å²) in [5.41, 5.74) is 0.630. The van der Waals surface area contributed by atoms with Crippen molar-refractivity contribution in [2.45, 2.75) is 70.1 Å². The molecule has 2 N–H and O–H groups in total. The predicted octanol–water partition coefficient (Wildman–Crippen LogP) is 4.70. The first kappa shape index (κ1) is 30.4. The normalized spacial score (nSPS) is 20.2. The number of rotatable bonds is 8. The molecule has 11 nitrogen and oxygen atoms in total. The highest BCUT2D eigenvalue weighted by Crippen LogP contribution is 2.35. The van der Waals surface area contributed by atoms with Crippen molar-refractivity contribution in [2.75, 3.05) is 18.4 Å². The molecule has 2 saturated heterocycles. The summed E-state index contributed by atoms with van der Waals surface area (Å²) in [5.74, 6) is -0.384. The first-order valence-electron chi connectivity index (χ1n) is 14.0. The van der Waals surface area contributed by atoms with Crippen molar-refractivity contribution in [3.63, 3.8) is 0 Å². The Bertz CT molecular complexity index is 1270. The van der Waals surface area contributed by atoms with Crippen LogP contribution in [0.5, 0.6) is 0 Å². The van der Waals surface area contributed by atoms with E-state index in [1.165, 1.54) is 11.0 Å². The third kappa shape index (κ3) is 7.80. The third-order valence-corrected chi connectivity index (χ3v) is 6.97. The summed E-state index contributed by atoms with van der Waals surface area (Å²) in [5, 5.41) is 5.33. The van der Waals surface area contributed by atoms with Crippen LogP contribution in [0.3, 0.4) is 0 Å². The number of benzene rings is 2. The van der Waals surface area contributed by atoms with Gasteiger partial charge in [0.2, 0.25) is 5.91 Å². The van der Waals surface area contributed by atoms with Gasteiger partial charge in [-0.25, -0.2) is 14.4 Å². The zero-order chi connectivity index (χ0) is 30.3. The highest BCUT2D eigenvalue weighted by atomic mass is 16.6.